The lowest BCUT2D eigenvalue weighted by Crippen LogP contribution is -2.42. The monoisotopic (exact) mass is 438 g/mol. The Morgan fingerprint density at radius 1 is 1.12 bits per heavy atom. The van der Waals surface area contributed by atoms with E-state index in [1.807, 2.05) is 23.1 Å². The molecule has 4 heterocycles. The second-order valence-electron chi connectivity index (χ2n) is 7.98. The molecule has 0 amide bonds. The fraction of sp³-hybridized carbons (Fsp3) is 0.435. The number of nitrogens with zero attached hydrogens (tertiary/aromatic N) is 4. The molecule has 2 aliphatic heterocycles. The number of aromatic nitrogens is 3. The fourth-order valence-electron chi connectivity index (χ4n) is 4.11. The predicted octanol–water partition coefficient (Wildman–Crippen LogP) is 2.46. The van der Waals surface area contributed by atoms with E-state index in [1.54, 1.807) is 18.5 Å². The van der Waals surface area contributed by atoms with Crippen molar-refractivity contribution >= 4 is 22.5 Å². The SMILES string of the molecule is Fc1cc(-c2cc3nccnc3c(NC[C@@H]3CNCCO3)n2)ccc1N1CCCOCC1. The van der Waals surface area contributed by atoms with E-state index in [9.17, 15) is 0 Å². The van der Waals surface area contributed by atoms with Gasteiger partial charge in [-0.2, -0.15) is 0 Å². The molecule has 0 saturated carbocycles. The Morgan fingerprint density at radius 2 is 2.06 bits per heavy atom. The molecule has 32 heavy (non-hydrogen) atoms. The van der Waals surface area contributed by atoms with Gasteiger partial charge in [0.05, 0.1) is 36.2 Å². The molecular weight excluding hydrogens is 411 g/mol. The van der Waals surface area contributed by atoms with Crippen LogP contribution in [0.2, 0.25) is 0 Å². The van der Waals surface area contributed by atoms with Crippen LogP contribution < -0.4 is 15.5 Å². The molecule has 0 bridgehead atoms. The number of fused-ring (bicyclic) bond motifs is 1. The van der Waals surface area contributed by atoms with Crippen LogP contribution in [0.5, 0.6) is 0 Å². The van der Waals surface area contributed by atoms with E-state index in [-0.39, 0.29) is 11.9 Å². The molecule has 0 spiro atoms. The Balaban J connectivity index is 1.43. The summed E-state index contributed by atoms with van der Waals surface area (Å²) in [6.07, 6.45) is 4.24. The van der Waals surface area contributed by atoms with Crippen LogP contribution in [-0.4, -0.2) is 73.6 Å². The first kappa shape index (κ1) is 21.0. The minimum Gasteiger partial charge on any atom is -0.380 e. The first-order valence-corrected chi connectivity index (χ1v) is 11.1. The first-order chi connectivity index (χ1) is 15.8. The molecule has 2 saturated heterocycles. The number of morpholine rings is 1. The quantitative estimate of drug-likeness (QED) is 0.629. The maximum absolute atomic E-state index is 15.1. The lowest BCUT2D eigenvalue weighted by atomic mass is 10.1. The normalized spacial score (nSPS) is 19.7. The minimum atomic E-state index is -0.262. The number of ether oxygens (including phenoxy) is 2. The molecule has 8 nitrogen and oxygen atoms in total. The van der Waals surface area contributed by atoms with Gasteiger partial charge in [0.15, 0.2) is 5.82 Å². The molecule has 2 aromatic heterocycles. The number of anilines is 2. The van der Waals surface area contributed by atoms with Crippen molar-refractivity contribution in [1.29, 1.82) is 0 Å². The summed E-state index contributed by atoms with van der Waals surface area (Å²) in [5.74, 6) is 0.357. The third-order valence-electron chi connectivity index (χ3n) is 5.76. The third-order valence-corrected chi connectivity index (χ3v) is 5.76. The van der Waals surface area contributed by atoms with Gasteiger partial charge in [-0.15, -0.1) is 0 Å². The van der Waals surface area contributed by atoms with Crippen LogP contribution >= 0.6 is 0 Å². The number of rotatable bonds is 5. The van der Waals surface area contributed by atoms with Crippen molar-refractivity contribution < 1.29 is 13.9 Å². The Labute approximate surface area is 186 Å². The zero-order valence-electron chi connectivity index (χ0n) is 17.9. The average molecular weight is 439 g/mol. The molecule has 0 unspecified atom stereocenters. The van der Waals surface area contributed by atoms with Crippen LogP contribution in [0.3, 0.4) is 0 Å². The number of pyridine rings is 1. The molecule has 2 N–H and O–H groups in total. The zero-order chi connectivity index (χ0) is 21.8. The summed E-state index contributed by atoms with van der Waals surface area (Å²) in [6, 6.07) is 7.13. The topological polar surface area (TPSA) is 84.4 Å². The lowest BCUT2D eigenvalue weighted by Gasteiger charge is -2.24. The zero-order valence-corrected chi connectivity index (χ0v) is 17.9. The standard InChI is InChI=1S/C23H27FN6O2/c24-18-12-16(2-3-21(18)30-7-1-9-31-11-8-30)19-13-20-22(27-5-4-26-20)23(29-19)28-15-17-14-25-6-10-32-17/h2-5,12-13,17,25H,1,6-11,14-15H2,(H,28,29)/t17-/m0/s1. The number of halogens is 1. The summed E-state index contributed by atoms with van der Waals surface area (Å²) in [5.41, 5.74) is 3.33. The summed E-state index contributed by atoms with van der Waals surface area (Å²) in [6.45, 7) is 5.74. The van der Waals surface area contributed by atoms with E-state index in [0.29, 0.717) is 60.1 Å². The van der Waals surface area contributed by atoms with Gasteiger partial charge >= 0.3 is 0 Å². The molecule has 9 heteroatoms. The van der Waals surface area contributed by atoms with Crippen molar-refractivity contribution in [3.8, 4) is 11.3 Å². The van der Waals surface area contributed by atoms with Crippen molar-refractivity contribution in [2.24, 2.45) is 0 Å². The summed E-state index contributed by atoms with van der Waals surface area (Å²) in [7, 11) is 0. The number of hydrogen-bond donors (Lipinski definition) is 2. The Bertz CT molecular complexity index is 1070. The van der Waals surface area contributed by atoms with Gasteiger partial charge in [-0.25, -0.2) is 14.4 Å². The molecule has 0 radical (unpaired) electrons. The van der Waals surface area contributed by atoms with Crippen LogP contribution in [0.25, 0.3) is 22.3 Å². The van der Waals surface area contributed by atoms with Gasteiger partial charge in [-0.1, -0.05) is 6.07 Å². The lowest BCUT2D eigenvalue weighted by molar-refractivity contribution is 0.0372. The van der Waals surface area contributed by atoms with Crippen LogP contribution in [0.1, 0.15) is 6.42 Å². The van der Waals surface area contributed by atoms with Gasteiger partial charge in [-0.05, 0) is 24.6 Å². The summed E-state index contributed by atoms with van der Waals surface area (Å²) < 4.78 is 26.3. The van der Waals surface area contributed by atoms with Gasteiger partial charge in [0.1, 0.15) is 11.3 Å². The molecule has 5 rings (SSSR count). The van der Waals surface area contributed by atoms with Gasteiger partial charge in [-0.3, -0.25) is 4.98 Å². The van der Waals surface area contributed by atoms with Crippen molar-refractivity contribution in [3.63, 3.8) is 0 Å². The van der Waals surface area contributed by atoms with E-state index >= 15 is 4.39 Å². The van der Waals surface area contributed by atoms with Crippen molar-refractivity contribution in [3.05, 3.63) is 42.5 Å². The van der Waals surface area contributed by atoms with E-state index in [2.05, 4.69) is 20.6 Å². The third kappa shape index (κ3) is 4.64. The van der Waals surface area contributed by atoms with Crippen LogP contribution in [0.15, 0.2) is 36.7 Å². The minimum absolute atomic E-state index is 0.0512. The Hall–Kier alpha value is -2.88. The highest BCUT2D eigenvalue weighted by molar-refractivity contribution is 5.88. The van der Waals surface area contributed by atoms with Crippen LogP contribution in [0.4, 0.5) is 15.9 Å². The summed E-state index contributed by atoms with van der Waals surface area (Å²) in [5, 5.41) is 6.68. The van der Waals surface area contributed by atoms with Crippen LogP contribution in [-0.2, 0) is 9.47 Å². The van der Waals surface area contributed by atoms with Crippen molar-refractivity contribution in [2.75, 3.05) is 62.8 Å². The van der Waals surface area contributed by atoms with Gasteiger partial charge in [0, 0.05) is 57.3 Å². The smallest absolute Gasteiger partial charge is 0.154 e. The molecule has 0 aliphatic carbocycles. The Kier molecular flexibility index (Phi) is 6.38. The number of benzene rings is 1. The second-order valence-corrected chi connectivity index (χ2v) is 7.98. The van der Waals surface area contributed by atoms with Crippen LogP contribution in [0, 0.1) is 5.82 Å². The first-order valence-electron chi connectivity index (χ1n) is 11.1. The van der Waals surface area contributed by atoms with E-state index in [1.165, 1.54) is 0 Å². The van der Waals surface area contributed by atoms with Crippen molar-refractivity contribution in [2.45, 2.75) is 12.5 Å². The molecule has 2 fully saturated rings. The van der Waals surface area contributed by atoms with E-state index in [0.717, 1.165) is 32.7 Å². The highest BCUT2D eigenvalue weighted by Crippen LogP contribution is 2.29. The average Bonchev–Trinajstić information content (AvgIpc) is 3.12. The second kappa shape index (κ2) is 9.72. The summed E-state index contributed by atoms with van der Waals surface area (Å²) in [4.78, 5) is 15.7. The molecule has 1 aromatic carbocycles. The van der Waals surface area contributed by atoms with E-state index in [4.69, 9.17) is 14.5 Å². The summed E-state index contributed by atoms with van der Waals surface area (Å²) >= 11 is 0. The number of nitrogens with one attached hydrogen (secondary N) is 2. The molecule has 3 aromatic rings. The van der Waals surface area contributed by atoms with Crippen molar-refractivity contribution in [1.82, 2.24) is 20.3 Å². The molecule has 2 aliphatic rings. The van der Waals surface area contributed by atoms with Gasteiger partial charge < -0.3 is 25.0 Å². The largest absolute Gasteiger partial charge is 0.380 e. The highest BCUT2D eigenvalue weighted by atomic mass is 19.1. The highest BCUT2D eigenvalue weighted by Gasteiger charge is 2.18. The van der Waals surface area contributed by atoms with E-state index < -0.39 is 0 Å². The predicted molar refractivity (Wildman–Crippen MR) is 121 cm³/mol. The maximum Gasteiger partial charge on any atom is 0.154 e. The molecule has 168 valence electrons. The number of hydrogen-bond acceptors (Lipinski definition) is 8. The van der Waals surface area contributed by atoms with Gasteiger partial charge in [0.2, 0.25) is 0 Å². The molecule has 1 atom stereocenters. The van der Waals surface area contributed by atoms with Gasteiger partial charge in [0.25, 0.3) is 0 Å². The maximum atomic E-state index is 15.1. The fourth-order valence-corrected chi connectivity index (χ4v) is 4.11. The molecular formula is C23H27FN6O2. The Morgan fingerprint density at radius 3 is 2.94 bits per heavy atom.